The summed E-state index contributed by atoms with van der Waals surface area (Å²) in [5.74, 6) is -0.690. The molecule has 2 aromatic rings. The minimum atomic E-state index is -0.391. The average Bonchev–Trinajstić information content (AvgIpc) is 2.78. The van der Waals surface area contributed by atoms with E-state index in [1.165, 1.54) is 18.3 Å². The molecule has 0 bridgehead atoms. The molecule has 0 aliphatic heterocycles. The van der Waals surface area contributed by atoms with Crippen LogP contribution >= 0.6 is 0 Å². The predicted octanol–water partition coefficient (Wildman–Crippen LogP) is 1.93. The molecule has 3 N–H and O–H groups in total. The van der Waals surface area contributed by atoms with Gasteiger partial charge in [-0.05, 0) is 38.1 Å². The molecular formula is C14H17FN4O. The zero-order valence-corrected chi connectivity index (χ0v) is 11.3. The van der Waals surface area contributed by atoms with Crippen molar-refractivity contribution in [1.82, 2.24) is 9.78 Å². The van der Waals surface area contributed by atoms with Gasteiger partial charge in [0.15, 0.2) is 0 Å². The molecule has 0 aliphatic rings. The number of nitrogens with zero attached hydrogens (tertiary/aromatic N) is 2. The largest absolute Gasteiger partial charge is 0.330 e. The summed E-state index contributed by atoms with van der Waals surface area (Å²) in [5, 5.41) is 6.81. The number of benzene rings is 1. The molecule has 0 unspecified atom stereocenters. The Kier molecular flexibility index (Phi) is 4.47. The molecule has 0 radical (unpaired) electrons. The topological polar surface area (TPSA) is 72.9 Å². The van der Waals surface area contributed by atoms with Crippen molar-refractivity contribution >= 4 is 11.6 Å². The lowest BCUT2D eigenvalue weighted by atomic mass is 10.2. The highest BCUT2D eigenvalue weighted by molar-refractivity contribution is 6.04. The number of nitrogens with two attached hydrogens (primary N) is 1. The van der Waals surface area contributed by atoms with Crippen molar-refractivity contribution in [3.8, 4) is 0 Å². The summed E-state index contributed by atoms with van der Waals surface area (Å²) in [6, 6.07) is 5.77. The maximum atomic E-state index is 13.1. The Balaban J connectivity index is 2.11. The molecule has 2 rings (SSSR count). The van der Waals surface area contributed by atoms with Crippen molar-refractivity contribution in [2.24, 2.45) is 5.73 Å². The number of hydrogen-bond donors (Lipinski definition) is 2. The normalized spacial score (nSPS) is 10.6. The van der Waals surface area contributed by atoms with Crippen molar-refractivity contribution in [2.45, 2.75) is 19.9 Å². The van der Waals surface area contributed by atoms with E-state index in [9.17, 15) is 9.18 Å². The van der Waals surface area contributed by atoms with Crippen LogP contribution in [0.2, 0.25) is 0 Å². The minimum absolute atomic E-state index is 0.299. The van der Waals surface area contributed by atoms with E-state index in [1.807, 2.05) is 6.92 Å². The lowest BCUT2D eigenvalue weighted by molar-refractivity contribution is 0.102. The van der Waals surface area contributed by atoms with E-state index >= 15 is 0 Å². The monoisotopic (exact) mass is 276 g/mol. The highest BCUT2D eigenvalue weighted by Crippen LogP contribution is 2.13. The number of rotatable bonds is 5. The van der Waals surface area contributed by atoms with E-state index in [1.54, 1.807) is 16.8 Å². The smallest absolute Gasteiger partial charge is 0.259 e. The Bertz CT molecular complexity index is 609. The first-order valence-corrected chi connectivity index (χ1v) is 6.41. The van der Waals surface area contributed by atoms with Crippen LogP contribution in [0, 0.1) is 12.7 Å². The van der Waals surface area contributed by atoms with Crippen LogP contribution in [0.4, 0.5) is 10.1 Å². The van der Waals surface area contributed by atoms with Crippen LogP contribution in [-0.2, 0) is 6.54 Å². The van der Waals surface area contributed by atoms with Gasteiger partial charge < -0.3 is 11.1 Å². The second-order valence-electron chi connectivity index (χ2n) is 4.47. The van der Waals surface area contributed by atoms with Crippen LogP contribution in [0.1, 0.15) is 22.5 Å². The van der Waals surface area contributed by atoms with Gasteiger partial charge in [0, 0.05) is 17.9 Å². The molecule has 20 heavy (non-hydrogen) atoms. The molecule has 0 spiro atoms. The van der Waals surface area contributed by atoms with Crippen molar-refractivity contribution < 1.29 is 9.18 Å². The van der Waals surface area contributed by atoms with Gasteiger partial charge in [-0.3, -0.25) is 9.48 Å². The summed E-state index contributed by atoms with van der Waals surface area (Å²) >= 11 is 0. The predicted molar refractivity (Wildman–Crippen MR) is 75.0 cm³/mol. The minimum Gasteiger partial charge on any atom is -0.330 e. The van der Waals surface area contributed by atoms with Crippen LogP contribution in [0.25, 0.3) is 0 Å². The van der Waals surface area contributed by atoms with Gasteiger partial charge in [0.2, 0.25) is 0 Å². The quantitative estimate of drug-likeness (QED) is 0.876. The van der Waals surface area contributed by atoms with Gasteiger partial charge in [-0.15, -0.1) is 0 Å². The fourth-order valence-corrected chi connectivity index (χ4v) is 1.90. The zero-order chi connectivity index (χ0) is 14.5. The number of carbonyl (C=O) groups is 1. The van der Waals surface area contributed by atoms with Crippen LogP contribution < -0.4 is 11.1 Å². The molecule has 1 aromatic carbocycles. The molecule has 0 saturated carbocycles. The molecule has 0 atom stereocenters. The number of aromatic nitrogens is 2. The maximum Gasteiger partial charge on any atom is 0.259 e. The Labute approximate surface area is 116 Å². The summed E-state index contributed by atoms with van der Waals surface area (Å²) in [7, 11) is 0. The molecule has 106 valence electrons. The summed E-state index contributed by atoms with van der Waals surface area (Å²) in [5.41, 5.74) is 7.12. The number of nitrogens with one attached hydrogen (secondary N) is 1. The summed E-state index contributed by atoms with van der Waals surface area (Å²) in [6.07, 6.45) is 2.31. The van der Waals surface area contributed by atoms with Crippen molar-refractivity contribution in [2.75, 3.05) is 11.9 Å². The molecule has 1 amide bonds. The number of amides is 1. The molecule has 5 nitrogen and oxygen atoms in total. The number of aryl methyl sites for hydroxylation is 1. The highest BCUT2D eigenvalue weighted by atomic mass is 19.1. The third kappa shape index (κ3) is 3.21. The molecule has 1 heterocycles. The summed E-state index contributed by atoms with van der Waals surface area (Å²) in [6.45, 7) is 3.07. The van der Waals surface area contributed by atoms with Crippen molar-refractivity contribution in [3.63, 3.8) is 0 Å². The van der Waals surface area contributed by atoms with E-state index in [4.69, 9.17) is 5.73 Å². The standard InChI is InChI=1S/C14H17FN4O/c1-10-13(9-17-19(10)7-3-6-16)14(20)18-12-5-2-4-11(15)8-12/h2,4-5,8-9H,3,6-7,16H2,1H3,(H,18,20). The van der Waals surface area contributed by atoms with Crippen LogP contribution in [-0.4, -0.2) is 22.2 Å². The highest BCUT2D eigenvalue weighted by Gasteiger charge is 2.14. The summed E-state index contributed by atoms with van der Waals surface area (Å²) in [4.78, 5) is 12.1. The molecule has 6 heteroatoms. The average molecular weight is 276 g/mol. The lowest BCUT2D eigenvalue weighted by Gasteiger charge is -2.06. The van der Waals surface area contributed by atoms with Gasteiger partial charge in [0.25, 0.3) is 5.91 Å². The van der Waals surface area contributed by atoms with Crippen LogP contribution in [0.15, 0.2) is 30.5 Å². The second kappa shape index (κ2) is 6.29. The van der Waals surface area contributed by atoms with Gasteiger partial charge in [0.1, 0.15) is 5.82 Å². The van der Waals surface area contributed by atoms with Crippen LogP contribution in [0.3, 0.4) is 0 Å². The summed E-state index contributed by atoms with van der Waals surface area (Å²) < 4.78 is 14.8. The molecular weight excluding hydrogens is 259 g/mol. The number of carbonyl (C=O) groups excluding carboxylic acids is 1. The number of anilines is 1. The van der Waals surface area contributed by atoms with E-state index < -0.39 is 5.82 Å². The van der Waals surface area contributed by atoms with E-state index in [-0.39, 0.29) is 5.91 Å². The molecule has 0 saturated heterocycles. The number of halogens is 1. The van der Waals surface area contributed by atoms with Crippen molar-refractivity contribution in [1.29, 1.82) is 0 Å². The van der Waals surface area contributed by atoms with E-state index in [2.05, 4.69) is 10.4 Å². The van der Waals surface area contributed by atoms with Crippen molar-refractivity contribution in [3.05, 3.63) is 47.5 Å². The Morgan fingerprint density at radius 1 is 1.50 bits per heavy atom. The van der Waals surface area contributed by atoms with Crippen LogP contribution in [0.5, 0.6) is 0 Å². The van der Waals surface area contributed by atoms with E-state index in [0.717, 1.165) is 12.1 Å². The lowest BCUT2D eigenvalue weighted by Crippen LogP contribution is -2.14. The number of hydrogen-bond acceptors (Lipinski definition) is 3. The fraction of sp³-hybridized carbons (Fsp3) is 0.286. The van der Waals surface area contributed by atoms with Gasteiger partial charge in [-0.25, -0.2) is 4.39 Å². The van der Waals surface area contributed by atoms with Gasteiger partial charge in [0.05, 0.1) is 11.8 Å². The molecule has 0 fully saturated rings. The third-order valence-corrected chi connectivity index (χ3v) is 3.00. The maximum absolute atomic E-state index is 13.1. The first-order chi connectivity index (χ1) is 9.61. The van der Waals surface area contributed by atoms with Gasteiger partial charge >= 0.3 is 0 Å². The Morgan fingerprint density at radius 2 is 2.30 bits per heavy atom. The van der Waals surface area contributed by atoms with Gasteiger partial charge in [-0.2, -0.15) is 5.10 Å². The van der Waals surface area contributed by atoms with Gasteiger partial charge in [-0.1, -0.05) is 6.07 Å². The molecule has 0 aliphatic carbocycles. The Hall–Kier alpha value is -2.21. The second-order valence-corrected chi connectivity index (χ2v) is 4.47. The zero-order valence-electron chi connectivity index (χ0n) is 11.3. The fourth-order valence-electron chi connectivity index (χ4n) is 1.90. The first-order valence-electron chi connectivity index (χ1n) is 6.41. The first kappa shape index (κ1) is 14.2. The van der Waals surface area contributed by atoms with E-state index in [0.29, 0.717) is 24.3 Å². The molecule has 1 aromatic heterocycles. The Morgan fingerprint density at radius 3 is 3.00 bits per heavy atom. The third-order valence-electron chi connectivity index (χ3n) is 3.00. The SMILES string of the molecule is Cc1c(C(=O)Nc2cccc(F)c2)cnn1CCCN.